The lowest BCUT2D eigenvalue weighted by Crippen LogP contribution is -2.41. The number of aliphatic hydroxyl groups excluding tert-OH is 1. The molecule has 114 valence electrons. The van der Waals surface area contributed by atoms with E-state index in [9.17, 15) is 5.11 Å². The molecule has 1 aromatic heterocycles. The van der Waals surface area contributed by atoms with Crippen LogP contribution in [0, 0.1) is 13.8 Å². The first kappa shape index (κ1) is 16.0. The Bertz CT molecular complexity index is 632. The molecule has 1 unspecified atom stereocenters. The van der Waals surface area contributed by atoms with Gasteiger partial charge in [0.15, 0.2) is 0 Å². The molecule has 2 rings (SSSR count). The Balaban J connectivity index is 2.48. The molecule has 0 fully saturated rings. The van der Waals surface area contributed by atoms with E-state index in [0.29, 0.717) is 18.0 Å². The van der Waals surface area contributed by atoms with Gasteiger partial charge in [-0.1, -0.05) is 41.4 Å². The highest BCUT2D eigenvalue weighted by Gasteiger charge is 2.33. The van der Waals surface area contributed by atoms with E-state index < -0.39 is 5.41 Å². The molecule has 0 radical (unpaired) electrons. The first-order chi connectivity index (χ1) is 9.93. The fourth-order valence-corrected chi connectivity index (χ4v) is 2.90. The average molecular weight is 308 g/mol. The quantitative estimate of drug-likeness (QED) is 0.889. The second kappa shape index (κ2) is 6.18. The maximum atomic E-state index is 10.0. The molecule has 0 aliphatic carbocycles. The third-order valence-corrected chi connectivity index (χ3v) is 4.58. The molecule has 1 atom stereocenters. The van der Waals surface area contributed by atoms with Crippen molar-refractivity contribution in [3.63, 3.8) is 0 Å². The van der Waals surface area contributed by atoms with E-state index in [1.807, 2.05) is 39.1 Å². The minimum absolute atomic E-state index is 0.0342. The van der Waals surface area contributed by atoms with Crippen LogP contribution in [0.4, 0.5) is 0 Å². The number of aromatic nitrogens is 2. The van der Waals surface area contributed by atoms with Gasteiger partial charge in [-0.3, -0.25) is 4.68 Å². The maximum Gasteiger partial charge on any atom is 0.0847 e. The van der Waals surface area contributed by atoms with Gasteiger partial charge in [-0.15, -0.1) is 0 Å². The van der Waals surface area contributed by atoms with Gasteiger partial charge in [0.25, 0.3) is 0 Å². The molecule has 0 amide bonds. The van der Waals surface area contributed by atoms with Gasteiger partial charge < -0.3 is 10.8 Å². The van der Waals surface area contributed by atoms with Crippen molar-refractivity contribution in [2.24, 2.45) is 12.8 Å². The van der Waals surface area contributed by atoms with Crippen molar-refractivity contribution in [3.05, 3.63) is 51.8 Å². The Morgan fingerprint density at radius 1 is 1.38 bits per heavy atom. The third-order valence-electron chi connectivity index (χ3n) is 4.09. The summed E-state index contributed by atoms with van der Waals surface area (Å²) in [6.07, 6.45) is 0.555. The number of nitrogens with two attached hydrogens (primary N) is 1. The highest BCUT2D eigenvalue weighted by Crippen LogP contribution is 2.31. The Morgan fingerprint density at radius 3 is 2.57 bits per heavy atom. The zero-order valence-corrected chi connectivity index (χ0v) is 13.5. The summed E-state index contributed by atoms with van der Waals surface area (Å²) in [6, 6.07) is 8.09. The van der Waals surface area contributed by atoms with Crippen LogP contribution < -0.4 is 5.73 Å². The number of rotatable bonds is 5. The Hall–Kier alpha value is -1.36. The summed E-state index contributed by atoms with van der Waals surface area (Å²) in [5.74, 6) is 0. The molecule has 1 heterocycles. The molecule has 2 aromatic rings. The van der Waals surface area contributed by atoms with Crippen LogP contribution >= 0.6 is 11.6 Å². The molecule has 0 saturated heterocycles. The fraction of sp³-hybridized carbons (Fsp3) is 0.438. The highest BCUT2D eigenvalue weighted by molar-refractivity contribution is 6.31. The van der Waals surface area contributed by atoms with Crippen molar-refractivity contribution < 1.29 is 5.11 Å². The number of nitrogens with zero attached hydrogens (tertiary/aromatic N) is 2. The van der Waals surface area contributed by atoms with E-state index in [-0.39, 0.29) is 6.61 Å². The zero-order valence-electron chi connectivity index (χ0n) is 12.7. The number of hydrogen-bond acceptors (Lipinski definition) is 3. The predicted molar refractivity (Wildman–Crippen MR) is 85.7 cm³/mol. The lowest BCUT2D eigenvalue weighted by atomic mass is 9.77. The fourth-order valence-electron chi connectivity index (χ4n) is 2.67. The summed E-state index contributed by atoms with van der Waals surface area (Å²) in [4.78, 5) is 0. The van der Waals surface area contributed by atoms with Crippen LogP contribution in [0.15, 0.2) is 24.3 Å². The molecule has 3 N–H and O–H groups in total. The summed E-state index contributed by atoms with van der Waals surface area (Å²) < 4.78 is 1.77. The van der Waals surface area contributed by atoms with E-state index in [4.69, 9.17) is 17.3 Å². The van der Waals surface area contributed by atoms with Gasteiger partial charge in [0, 0.05) is 25.4 Å². The summed E-state index contributed by atoms with van der Waals surface area (Å²) in [7, 11) is 1.86. The molecule has 0 aliphatic heterocycles. The lowest BCUT2D eigenvalue weighted by molar-refractivity contribution is 0.194. The summed E-state index contributed by atoms with van der Waals surface area (Å²) in [5, 5.41) is 15.0. The van der Waals surface area contributed by atoms with E-state index >= 15 is 0 Å². The minimum Gasteiger partial charge on any atom is -0.395 e. The highest BCUT2D eigenvalue weighted by atomic mass is 35.5. The van der Waals surface area contributed by atoms with Gasteiger partial charge in [-0.2, -0.15) is 5.10 Å². The molecular formula is C16H22ClN3O. The van der Waals surface area contributed by atoms with Crippen LogP contribution in [0.5, 0.6) is 0 Å². The van der Waals surface area contributed by atoms with Crippen LogP contribution in [0.1, 0.15) is 22.5 Å². The van der Waals surface area contributed by atoms with Gasteiger partial charge in [0.05, 0.1) is 23.0 Å². The minimum atomic E-state index is -0.546. The van der Waals surface area contributed by atoms with E-state index in [1.165, 1.54) is 0 Å². The largest absolute Gasteiger partial charge is 0.395 e. The van der Waals surface area contributed by atoms with Crippen molar-refractivity contribution >= 4 is 11.6 Å². The van der Waals surface area contributed by atoms with Crippen molar-refractivity contribution in [2.75, 3.05) is 13.2 Å². The monoisotopic (exact) mass is 307 g/mol. The van der Waals surface area contributed by atoms with Gasteiger partial charge >= 0.3 is 0 Å². The molecule has 0 saturated carbocycles. The van der Waals surface area contributed by atoms with Crippen LogP contribution in [0.3, 0.4) is 0 Å². The number of aryl methyl sites for hydroxylation is 3. The number of halogens is 1. The van der Waals surface area contributed by atoms with Crippen LogP contribution in [-0.2, 0) is 18.9 Å². The second-order valence-electron chi connectivity index (χ2n) is 5.66. The van der Waals surface area contributed by atoms with Crippen molar-refractivity contribution in [1.29, 1.82) is 0 Å². The van der Waals surface area contributed by atoms with E-state index in [1.54, 1.807) is 4.68 Å². The Labute approximate surface area is 130 Å². The molecule has 0 aliphatic rings. The van der Waals surface area contributed by atoms with Crippen LogP contribution in [0.25, 0.3) is 0 Å². The first-order valence-electron chi connectivity index (χ1n) is 6.99. The molecular weight excluding hydrogens is 286 g/mol. The second-order valence-corrected chi connectivity index (χ2v) is 6.04. The standard InChI is InChI=1S/C16H22ClN3O/c1-11-5-4-6-13(7-11)16(9-18,10-21)8-14-15(17)12(2)19-20(14)3/h4-7,21H,8-10,18H2,1-3H3. The normalized spacial score (nSPS) is 14.2. The number of benzene rings is 1. The zero-order chi connectivity index (χ0) is 15.6. The van der Waals surface area contributed by atoms with E-state index in [0.717, 1.165) is 22.5 Å². The Kier molecular flexibility index (Phi) is 4.71. The Morgan fingerprint density at radius 2 is 2.10 bits per heavy atom. The lowest BCUT2D eigenvalue weighted by Gasteiger charge is -2.31. The molecule has 0 spiro atoms. The number of hydrogen-bond donors (Lipinski definition) is 2. The van der Waals surface area contributed by atoms with Crippen molar-refractivity contribution in [2.45, 2.75) is 25.7 Å². The first-order valence-corrected chi connectivity index (χ1v) is 7.37. The molecule has 21 heavy (non-hydrogen) atoms. The maximum absolute atomic E-state index is 10.0. The SMILES string of the molecule is Cc1cccc(C(CN)(CO)Cc2c(Cl)c(C)nn2C)c1. The topological polar surface area (TPSA) is 64.1 Å². The smallest absolute Gasteiger partial charge is 0.0847 e. The van der Waals surface area contributed by atoms with Gasteiger partial charge in [-0.25, -0.2) is 0 Å². The summed E-state index contributed by atoms with van der Waals surface area (Å²) in [5.41, 5.74) is 9.34. The van der Waals surface area contributed by atoms with Crippen molar-refractivity contribution in [3.8, 4) is 0 Å². The average Bonchev–Trinajstić information content (AvgIpc) is 2.70. The van der Waals surface area contributed by atoms with Crippen LogP contribution in [0.2, 0.25) is 5.02 Å². The number of aliphatic hydroxyl groups is 1. The predicted octanol–water partition coefficient (Wildman–Crippen LogP) is 2.12. The summed E-state index contributed by atoms with van der Waals surface area (Å²) in [6.45, 7) is 4.21. The molecule has 0 bridgehead atoms. The van der Waals surface area contributed by atoms with Gasteiger partial charge in [-0.05, 0) is 19.4 Å². The van der Waals surface area contributed by atoms with E-state index in [2.05, 4.69) is 11.2 Å². The van der Waals surface area contributed by atoms with Gasteiger partial charge in [0.2, 0.25) is 0 Å². The van der Waals surface area contributed by atoms with Gasteiger partial charge in [0.1, 0.15) is 0 Å². The molecule has 5 heteroatoms. The molecule has 1 aromatic carbocycles. The van der Waals surface area contributed by atoms with Crippen molar-refractivity contribution in [1.82, 2.24) is 9.78 Å². The summed E-state index contributed by atoms with van der Waals surface area (Å²) >= 11 is 6.35. The third kappa shape index (κ3) is 2.98. The molecule has 4 nitrogen and oxygen atoms in total. The van der Waals surface area contributed by atoms with Crippen LogP contribution in [-0.4, -0.2) is 28.0 Å².